The summed E-state index contributed by atoms with van der Waals surface area (Å²) in [5.74, 6) is 0. The summed E-state index contributed by atoms with van der Waals surface area (Å²) < 4.78 is 0. The Morgan fingerprint density at radius 2 is 2.59 bits per heavy atom. The molecule has 0 spiro atoms. The number of nitrogens with zero attached hydrogens (tertiary/aromatic N) is 3. The molecule has 0 atom stereocenters. The first kappa shape index (κ1) is 11.7. The first-order chi connectivity index (χ1) is 8.29. The van der Waals surface area contributed by atoms with Gasteiger partial charge in [0.2, 0.25) is 0 Å². The number of anilines is 1. The Morgan fingerprint density at radius 1 is 1.71 bits per heavy atom. The first-order valence-corrected chi connectivity index (χ1v) is 5.98. The molecule has 0 radical (unpaired) electrons. The number of nitrogens with two attached hydrogens (primary N) is 1. The molecule has 0 aliphatic heterocycles. The van der Waals surface area contributed by atoms with Crippen molar-refractivity contribution >= 4 is 39.8 Å². The third-order valence-electron chi connectivity index (χ3n) is 1.83. The van der Waals surface area contributed by atoms with Crippen molar-refractivity contribution in [2.45, 2.75) is 6.61 Å². The van der Waals surface area contributed by atoms with Crippen LogP contribution in [-0.4, -0.2) is 26.0 Å². The van der Waals surface area contributed by atoms with Gasteiger partial charge in [0.15, 0.2) is 11.7 Å². The number of nitrogen functional groups attached to an aromatic ring is 1. The van der Waals surface area contributed by atoms with Crippen molar-refractivity contribution < 1.29 is 4.84 Å². The Morgan fingerprint density at radius 3 is 3.18 bits per heavy atom. The Labute approximate surface area is 107 Å². The van der Waals surface area contributed by atoms with Gasteiger partial charge in [0.1, 0.15) is 11.4 Å². The van der Waals surface area contributed by atoms with E-state index in [-0.39, 0.29) is 0 Å². The smallest absolute Gasteiger partial charge is 0.180 e. The highest BCUT2D eigenvalue weighted by Crippen LogP contribution is 2.11. The van der Waals surface area contributed by atoms with E-state index in [0.29, 0.717) is 23.1 Å². The maximum absolute atomic E-state index is 5.53. The van der Waals surface area contributed by atoms with Gasteiger partial charge in [-0.15, -0.1) is 11.3 Å². The molecule has 3 N–H and O–H groups in total. The van der Waals surface area contributed by atoms with Gasteiger partial charge in [0.25, 0.3) is 0 Å². The summed E-state index contributed by atoms with van der Waals surface area (Å²) in [6, 6.07) is 0. The van der Waals surface area contributed by atoms with E-state index in [0.717, 1.165) is 5.69 Å². The van der Waals surface area contributed by atoms with Crippen LogP contribution in [0.5, 0.6) is 0 Å². The van der Waals surface area contributed by atoms with Crippen LogP contribution in [0.15, 0.2) is 23.1 Å². The number of thiocarbonyl (C=S) groups is 1. The third-order valence-corrected chi connectivity index (χ3v) is 2.73. The average Bonchev–Trinajstić information content (AvgIpc) is 2.96. The second-order valence-corrected chi connectivity index (χ2v) is 4.14. The standard InChI is InChI=1S/C9H9N5OS2/c10-9-13-8(4-17-9)7(3-16)14-15-2-6-1-11-5-12-6/h1,3-5H,2H2,(H2,10,13)(H,11,12). The van der Waals surface area contributed by atoms with Crippen molar-refractivity contribution in [1.29, 1.82) is 0 Å². The van der Waals surface area contributed by atoms with Crippen molar-refractivity contribution in [1.82, 2.24) is 15.0 Å². The minimum Gasteiger partial charge on any atom is -0.389 e. The number of hydrogen-bond acceptors (Lipinski definition) is 7. The molecule has 6 nitrogen and oxygen atoms in total. The van der Waals surface area contributed by atoms with E-state index in [1.165, 1.54) is 16.7 Å². The fourth-order valence-electron chi connectivity index (χ4n) is 1.07. The largest absolute Gasteiger partial charge is 0.389 e. The van der Waals surface area contributed by atoms with Crippen LogP contribution in [0.1, 0.15) is 11.4 Å². The van der Waals surface area contributed by atoms with Gasteiger partial charge in [0, 0.05) is 10.7 Å². The van der Waals surface area contributed by atoms with E-state index in [2.05, 4.69) is 20.1 Å². The van der Waals surface area contributed by atoms with Gasteiger partial charge in [-0.1, -0.05) is 17.4 Å². The highest BCUT2D eigenvalue weighted by Gasteiger charge is 2.05. The summed E-state index contributed by atoms with van der Waals surface area (Å²) in [5.41, 5.74) is 7.45. The van der Waals surface area contributed by atoms with Gasteiger partial charge in [-0.05, 0) is 0 Å². The molecule has 2 aromatic heterocycles. The number of H-pyrrole nitrogens is 1. The molecule has 0 saturated carbocycles. The Hall–Kier alpha value is -1.80. The third kappa shape index (κ3) is 3.08. The van der Waals surface area contributed by atoms with Crippen LogP contribution in [-0.2, 0) is 11.4 Å². The molecule has 0 saturated heterocycles. The summed E-state index contributed by atoms with van der Waals surface area (Å²) >= 11 is 6.17. The topological polar surface area (TPSA) is 89.2 Å². The summed E-state index contributed by atoms with van der Waals surface area (Å²) in [6.07, 6.45) is 3.23. The second kappa shape index (κ2) is 5.51. The zero-order valence-electron chi connectivity index (χ0n) is 8.66. The molecule has 2 aromatic rings. The maximum atomic E-state index is 5.53. The molecule has 0 amide bonds. The van der Waals surface area contributed by atoms with Crippen molar-refractivity contribution in [2.75, 3.05) is 5.73 Å². The van der Waals surface area contributed by atoms with Crippen LogP contribution in [0.2, 0.25) is 0 Å². The molecule has 88 valence electrons. The highest BCUT2D eigenvalue weighted by molar-refractivity contribution is 7.80. The van der Waals surface area contributed by atoms with Gasteiger partial charge >= 0.3 is 0 Å². The summed E-state index contributed by atoms with van der Waals surface area (Å²) in [7, 11) is 0. The zero-order valence-corrected chi connectivity index (χ0v) is 10.3. The van der Waals surface area contributed by atoms with E-state index in [4.69, 9.17) is 22.8 Å². The predicted octanol–water partition coefficient (Wildman–Crippen LogP) is 1.37. The van der Waals surface area contributed by atoms with Crippen LogP contribution in [0.25, 0.3) is 0 Å². The molecular weight excluding hydrogens is 258 g/mol. The van der Waals surface area contributed by atoms with Crippen molar-refractivity contribution in [3.05, 3.63) is 29.3 Å². The van der Waals surface area contributed by atoms with E-state index in [1.807, 2.05) is 0 Å². The fraction of sp³-hybridized carbons (Fsp3) is 0.111. The molecule has 0 aromatic carbocycles. The highest BCUT2D eigenvalue weighted by atomic mass is 32.1. The lowest BCUT2D eigenvalue weighted by Crippen LogP contribution is -2.03. The van der Waals surface area contributed by atoms with Crippen LogP contribution in [0, 0.1) is 0 Å². The van der Waals surface area contributed by atoms with Gasteiger partial charge in [0.05, 0.1) is 18.2 Å². The van der Waals surface area contributed by atoms with Crippen LogP contribution in [0.4, 0.5) is 5.13 Å². The summed E-state index contributed by atoms with van der Waals surface area (Å²) in [5, 5.41) is 7.55. The van der Waals surface area contributed by atoms with E-state index < -0.39 is 0 Å². The number of hydrogen-bond donors (Lipinski definition) is 2. The Balaban J connectivity index is 2.01. The lowest BCUT2D eigenvalue weighted by atomic mass is 10.3. The average molecular weight is 267 g/mol. The fourth-order valence-corrected chi connectivity index (χ4v) is 1.79. The molecule has 2 heterocycles. The van der Waals surface area contributed by atoms with Gasteiger partial charge in [-0.3, -0.25) is 0 Å². The van der Waals surface area contributed by atoms with Crippen molar-refractivity contribution in [3.63, 3.8) is 0 Å². The predicted molar refractivity (Wildman–Crippen MR) is 70.1 cm³/mol. The minimum atomic E-state index is 0.298. The lowest BCUT2D eigenvalue weighted by molar-refractivity contribution is 0.129. The SMILES string of the molecule is Nc1nc(C(C=S)=NOCc2cnc[nH]2)cs1. The molecular formula is C9H9N5OS2. The van der Waals surface area contributed by atoms with Gasteiger partial charge < -0.3 is 15.6 Å². The van der Waals surface area contributed by atoms with Gasteiger partial charge in [-0.2, -0.15) is 0 Å². The molecule has 0 bridgehead atoms. The molecule has 0 unspecified atom stereocenters. The molecule has 8 heteroatoms. The van der Waals surface area contributed by atoms with E-state index in [9.17, 15) is 0 Å². The van der Waals surface area contributed by atoms with Crippen molar-refractivity contribution in [2.24, 2.45) is 5.16 Å². The number of imidazole rings is 1. The normalized spacial score (nSPS) is 11.4. The number of aromatic nitrogens is 3. The van der Waals surface area contributed by atoms with Crippen LogP contribution >= 0.6 is 23.6 Å². The monoisotopic (exact) mass is 267 g/mol. The Bertz CT molecular complexity index is 519. The van der Waals surface area contributed by atoms with Crippen molar-refractivity contribution in [3.8, 4) is 0 Å². The summed E-state index contributed by atoms with van der Waals surface area (Å²) in [6.45, 7) is 0.298. The maximum Gasteiger partial charge on any atom is 0.180 e. The number of nitrogens with one attached hydrogen (secondary N) is 1. The van der Waals surface area contributed by atoms with Crippen LogP contribution < -0.4 is 5.73 Å². The van der Waals surface area contributed by atoms with E-state index in [1.54, 1.807) is 17.9 Å². The van der Waals surface area contributed by atoms with Gasteiger partial charge in [-0.25, -0.2) is 9.97 Å². The molecule has 0 fully saturated rings. The number of thiazole rings is 1. The lowest BCUT2D eigenvalue weighted by Gasteiger charge is -1.98. The first-order valence-electron chi connectivity index (χ1n) is 4.63. The number of aromatic amines is 1. The zero-order chi connectivity index (χ0) is 12.1. The Kier molecular flexibility index (Phi) is 3.78. The molecule has 2 rings (SSSR count). The summed E-state index contributed by atoms with van der Waals surface area (Å²) in [4.78, 5) is 16.0. The quantitative estimate of drug-likeness (QED) is 0.485. The molecule has 0 aliphatic carbocycles. The van der Waals surface area contributed by atoms with Crippen LogP contribution in [0.3, 0.4) is 0 Å². The molecule has 17 heavy (non-hydrogen) atoms. The molecule has 0 aliphatic rings. The second-order valence-electron chi connectivity index (χ2n) is 3.02. The van der Waals surface area contributed by atoms with E-state index >= 15 is 0 Å². The minimum absolute atomic E-state index is 0.298. The number of rotatable bonds is 5. The number of oxime groups is 1.